The number of aryl methyl sites for hydroxylation is 1. The summed E-state index contributed by atoms with van der Waals surface area (Å²) >= 11 is 0. The van der Waals surface area contributed by atoms with Crippen LogP contribution in [0.15, 0.2) is 48.5 Å². The number of unbranched alkanes of at least 4 members (excludes halogenated alkanes) is 4. The summed E-state index contributed by atoms with van der Waals surface area (Å²) in [4.78, 5) is 0. The van der Waals surface area contributed by atoms with Gasteiger partial charge >= 0.3 is 0 Å². The molecule has 0 aliphatic carbocycles. The second-order valence-corrected chi connectivity index (χ2v) is 7.84. The largest absolute Gasteiger partial charge is 0.508 e. The molecular weight excluding hydrogens is 378 g/mol. The Labute approximate surface area is 180 Å². The van der Waals surface area contributed by atoms with Gasteiger partial charge in [-0.3, -0.25) is 0 Å². The molecule has 1 atom stereocenters. The Balaban J connectivity index is 1.39. The van der Waals surface area contributed by atoms with E-state index in [1.807, 2.05) is 0 Å². The van der Waals surface area contributed by atoms with Crippen LogP contribution in [0.3, 0.4) is 0 Å². The van der Waals surface area contributed by atoms with E-state index < -0.39 is 6.10 Å². The highest BCUT2D eigenvalue weighted by Crippen LogP contribution is 2.21. The van der Waals surface area contributed by atoms with E-state index in [2.05, 4.69) is 35.6 Å². The van der Waals surface area contributed by atoms with Crippen LogP contribution < -0.4 is 5.32 Å². The molecule has 30 heavy (non-hydrogen) atoms. The molecule has 0 saturated carbocycles. The number of benzene rings is 2. The summed E-state index contributed by atoms with van der Waals surface area (Å²) in [7, 11) is 0. The first kappa shape index (κ1) is 24.4. The van der Waals surface area contributed by atoms with Gasteiger partial charge in [0.25, 0.3) is 0 Å². The zero-order valence-corrected chi connectivity index (χ0v) is 18.0. The standard InChI is InChI=1S/C25H37NO4/c27-20-23-18-22(13-14-24(23)28)25(29)19-26-15-7-1-2-8-16-30-17-9-6-12-21-10-4-3-5-11-21/h3-5,10-11,13-14,18,25-29H,1-2,6-9,12,15-17,19-20H2/p+1. The van der Waals surface area contributed by atoms with Gasteiger partial charge in [0.1, 0.15) is 18.4 Å². The molecule has 166 valence electrons. The van der Waals surface area contributed by atoms with E-state index >= 15 is 0 Å². The molecule has 0 amide bonds. The van der Waals surface area contributed by atoms with Crippen molar-refractivity contribution in [2.45, 2.75) is 57.7 Å². The minimum absolute atomic E-state index is 0.0635. The van der Waals surface area contributed by atoms with Gasteiger partial charge in [0.05, 0.1) is 13.2 Å². The van der Waals surface area contributed by atoms with Crippen molar-refractivity contribution in [3.05, 3.63) is 65.2 Å². The molecule has 5 nitrogen and oxygen atoms in total. The van der Waals surface area contributed by atoms with Crippen molar-refractivity contribution in [2.24, 2.45) is 0 Å². The minimum Gasteiger partial charge on any atom is -0.508 e. The van der Waals surface area contributed by atoms with Crippen LogP contribution in [-0.4, -0.2) is 41.6 Å². The average molecular weight is 417 g/mol. The van der Waals surface area contributed by atoms with Crippen molar-refractivity contribution >= 4 is 0 Å². The number of aliphatic hydroxyl groups excluding tert-OH is 2. The number of rotatable bonds is 16. The molecule has 2 aromatic rings. The van der Waals surface area contributed by atoms with Crippen molar-refractivity contribution in [2.75, 3.05) is 26.3 Å². The molecule has 0 heterocycles. The fourth-order valence-corrected chi connectivity index (χ4v) is 3.48. The summed E-state index contributed by atoms with van der Waals surface area (Å²) < 4.78 is 5.73. The molecular formula is C25H38NO4+. The van der Waals surface area contributed by atoms with Crippen molar-refractivity contribution in [1.82, 2.24) is 0 Å². The van der Waals surface area contributed by atoms with Gasteiger partial charge < -0.3 is 25.4 Å². The van der Waals surface area contributed by atoms with Crippen LogP contribution in [0.2, 0.25) is 0 Å². The van der Waals surface area contributed by atoms with E-state index in [4.69, 9.17) is 4.74 Å². The number of aliphatic hydroxyl groups is 2. The minimum atomic E-state index is -0.591. The van der Waals surface area contributed by atoms with Gasteiger partial charge in [-0.25, -0.2) is 0 Å². The van der Waals surface area contributed by atoms with E-state index in [9.17, 15) is 15.3 Å². The maximum absolute atomic E-state index is 10.2. The predicted octanol–water partition coefficient (Wildman–Crippen LogP) is 3.08. The Kier molecular flexibility index (Phi) is 12.1. The molecule has 0 aliphatic heterocycles. The highest BCUT2D eigenvalue weighted by Gasteiger charge is 2.11. The van der Waals surface area contributed by atoms with Crippen LogP contribution >= 0.6 is 0 Å². The van der Waals surface area contributed by atoms with Gasteiger partial charge in [0.15, 0.2) is 0 Å². The lowest BCUT2D eigenvalue weighted by atomic mass is 10.1. The molecule has 0 bridgehead atoms. The first-order valence-electron chi connectivity index (χ1n) is 11.2. The highest BCUT2D eigenvalue weighted by molar-refractivity contribution is 5.36. The first-order valence-corrected chi connectivity index (χ1v) is 11.2. The fourth-order valence-electron chi connectivity index (χ4n) is 3.48. The van der Waals surface area contributed by atoms with E-state index in [0.717, 1.165) is 51.0 Å². The van der Waals surface area contributed by atoms with Gasteiger partial charge in [-0.15, -0.1) is 0 Å². The summed E-state index contributed by atoms with van der Waals surface area (Å²) in [5, 5.41) is 31.2. The smallest absolute Gasteiger partial charge is 0.128 e. The summed E-state index contributed by atoms with van der Waals surface area (Å²) in [6.07, 6.45) is 7.43. The lowest BCUT2D eigenvalue weighted by molar-refractivity contribution is -0.662. The molecule has 0 aliphatic rings. The normalized spacial score (nSPS) is 12.2. The van der Waals surface area contributed by atoms with Crippen LogP contribution in [0.25, 0.3) is 0 Å². The quantitative estimate of drug-likeness (QED) is 0.317. The summed E-state index contributed by atoms with van der Waals surface area (Å²) in [6.45, 7) is 3.05. The first-order chi connectivity index (χ1) is 14.7. The number of hydrogen-bond donors (Lipinski definition) is 4. The molecule has 0 spiro atoms. The Morgan fingerprint density at radius 3 is 2.37 bits per heavy atom. The predicted molar refractivity (Wildman–Crippen MR) is 119 cm³/mol. The monoisotopic (exact) mass is 416 g/mol. The van der Waals surface area contributed by atoms with Gasteiger partial charge in [-0.05, 0) is 61.8 Å². The second-order valence-electron chi connectivity index (χ2n) is 7.84. The summed E-state index contributed by atoms with van der Waals surface area (Å²) in [6, 6.07) is 15.5. The molecule has 2 rings (SSSR count). The van der Waals surface area contributed by atoms with Crippen LogP contribution in [0.4, 0.5) is 0 Å². The Bertz CT molecular complexity index is 693. The highest BCUT2D eigenvalue weighted by atomic mass is 16.5. The Morgan fingerprint density at radius 2 is 1.60 bits per heavy atom. The van der Waals surface area contributed by atoms with Gasteiger partial charge in [-0.2, -0.15) is 0 Å². The molecule has 0 saturated heterocycles. The molecule has 0 fully saturated rings. The third-order valence-electron chi connectivity index (χ3n) is 5.34. The molecule has 5 heteroatoms. The molecule has 1 unspecified atom stereocenters. The fraction of sp³-hybridized carbons (Fsp3) is 0.520. The summed E-state index contributed by atoms with van der Waals surface area (Å²) in [5.41, 5.74) is 2.58. The topological polar surface area (TPSA) is 86.5 Å². The maximum Gasteiger partial charge on any atom is 0.128 e. The molecule has 5 N–H and O–H groups in total. The van der Waals surface area contributed by atoms with Crippen LogP contribution in [0.1, 0.15) is 61.3 Å². The third kappa shape index (κ3) is 9.72. The molecule has 2 aromatic carbocycles. The van der Waals surface area contributed by atoms with Crippen LogP contribution in [-0.2, 0) is 17.8 Å². The maximum atomic E-state index is 10.2. The van der Waals surface area contributed by atoms with E-state index in [-0.39, 0.29) is 12.4 Å². The third-order valence-corrected chi connectivity index (χ3v) is 5.34. The summed E-state index contributed by atoms with van der Waals surface area (Å²) in [5.74, 6) is 0.0635. The second kappa shape index (κ2) is 15.0. The average Bonchev–Trinajstić information content (AvgIpc) is 2.77. The SMILES string of the molecule is OCc1cc(C(O)C[NH2+]CCCCCCOCCCCc2ccccc2)ccc1O. The lowest BCUT2D eigenvalue weighted by Crippen LogP contribution is -2.85. The van der Waals surface area contributed by atoms with Gasteiger partial charge in [0.2, 0.25) is 0 Å². The Hall–Kier alpha value is -1.92. The molecule has 0 radical (unpaired) electrons. The van der Waals surface area contributed by atoms with E-state index in [0.29, 0.717) is 12.1 Å². The van der Waals surface area contributed by atoms with Gasteiger partial charge in [-0.1, -0.05) is 42.8 Å². The van der Waals surface area contributed by atoms with Crippen LogP contribution in [0.5, 0.6) is 5.75 Å². The van der Waals surface area contributed by atoms with E-state index in [1.54, 1.807) is 12.1 Å². The number of ether oxygens (including phenoxy) is 1. The molecule has 0 aromatic heterocycles. The van der Waals surface area contributed by atoms with E-state index in [1.165, 1.54) is 30.9 Å². The number of hydrogen-bond acceptors (Lipinski definition) is 4. The number of aromatic hydroxyl groups is 1. The van der Waals surface area contributed by atoms with Crippen molar-refractivity contribution < 1.29 is 25.4 Å². The number of phenols is 1. The van der Waals surface area contributed by atoms with Crippen molar-refractivity contribution in [1.29, 1.82) is 0 Å². The zero-order chi connectivity index (χ0) is 21.4. The van der Waals surface area contributed by atoms with Crippen LogP contribution in [0, 0.1) is 0 Å². The van der Waals surface area contributed by atoms with Gasteiger partial charge in [0, 0.05) is 18.8 Å². The number of quaternary nitrogens is 1. The van der Waals surface area contributed by atoms with Crippen molar-refractivity contribution in [3.63, 3.8) is 0 Å². The number of nitrogens with two attached hydrogens (primary N) is 1. The lowest BCUT2D eigenvalue weighted by Gasteiger charge is -2.12. The zero-order valence-electron chi connectivity index (χ0n) is 18.0. The Morgan fingerprint density at radius 1 is 0.867 bits per heavy atom. The van der Waals surface area contributed by atoms with Crippen molar-refractivity contribution in [3.8, 4) is 5.75 Å².